The molecule has 7 heteroatoms. The molecule has 0 aromatic heterocycles. The van der Waals surface area contributed by atoms with Gasteiger partial charge in [-0.1, -0.05) is 6.07 Å². The van der Waals surface area contributed by atoms with E-state index in [1.165, 1.54) is 0 Å². The first-order valence-electron chi connectivity index (χ1n) is 3.68. The number of rotatable bonds is 3. The summed E-state index contributed by atoms with van der Waals surface area (Å²) in [5.41, 5.74) is 0. The number of hydrogen-bond acceptors (Lipinski definition) is 1. The second-order valence-corrected chi connectivity index (χ2v) is 4.28. The first-order valence-corrected chi connectivity index (χ1v) is 5.26. The van der Waals surface area contributed by atoms with E-state index in [2.05, 4.69) is 36.6 Å². The van der Waals surface area contributed by atoms with Gasteiger partial charge in [0.15, 0.2) is 0 Å². The highest BCUT2D eigenvalue weighted by Crippen LogP contribution is 2.33. The highest BCUT2D eigenvalue weighted by molar-refractivity contribution is 9.11. The summed E-state index contributed by atoms with van der Waals surface area (Å²) < 4.78 is 41.4. The lowest BCUT2D eigenvalue weighted by molar-refractivity contribution is 0.310. The molecule has 0 aliphatic heterocycles. The van der Waals surface area contributed by atoms with Crippen molar-refractivity contribution in [2.24, 2.45) is 0 Å². The van der Waals surface area contributed by atoms with Crippen LogP contribution in [0.4, 0.5) is 12.9 Å². The van der Waals surface area contributed by atoms with E-state index >= 15 is 0 Å². The maximum absolute atomic E-state index is 11.9. The van der Waals surface area contributed by atoms with Crippen LogP contribution in [-0.4, -0.2) is 13.5 Å². The van der Waals surface area contributed by atoms with Crippen LogP contribution >= 0.6 is 31.9 Å². The summed E-state index contributed by atoms with van der Waals surface area (Å²) in [6, 6.07) is 4.92. The van der Waals surface area contributed by atoms with E-state index in [1.54, 1.807) is 18.2 Å². The molecule has 0 atom stereocenters. The van der Waals surface area contributed by atoms with Crippen LogP contribution < -0.4 is 4.74 Å². The van der Waals surface area contributed by atoms with Gasteiger partial charge in [-0.05, 0) is 44.0 Å². The van der Waals surface area contributed by atoms with Crippen LogP contribution in [0.5, 0.6) is 5.75 Å². The third kappa shape index (κ3) is 3.53. The average molecular weight is 333 g/mol. The Bertz CT molecular complexity index is 309. The Morgan fingerprint density at radius 3 is 2.07 bits per heavy atom. The number of benzene rings is 1. The van der Waals surface area contributed by atoms with Crippen molar-refractivity contribution in [1.82, 2.24) is 0 Å². The molecular formula is C7H5BBr2F3O-. The van der Waals surface area contributed by atoms with Gasteiger partial charge < -0.3 is 17.7 Å². The molecule has 0 radical (unpaired) electrons. The number of hydrogen-bond donors (Lipinski definition) is 0. The zero-order chi connectivity index (χ0) is 10.8. The lowest BCUT2D eigenvalue weighted by Crippen LogP contribution is -2.26. The number of para-hydroxylation sites is 1. The molecule has 1 nitrogen and oxygen atoms in total. The molecular weight excluding hydrogens is 328 g/mol. The molecule has 0 amide bonds. The van der Waals surface area contributed by atoms with Gasteiger partial charge in [-0.3, -0.25) is 0 Å². The van der Waals surface area contributed by atoms with Gasteiger partial charge in [-0.15, -0.1) is 0 Å². The second-order valence-electron chi connectivity index (χ2n) is 2.57. The third-order valence-electron chi connectivity index (χ3n) is 1.34. The molecule has 0 bridgehead atoms. The van der Waals surface area contributed by atoms with Crippen molar-refractivity contribution in [2.45, 2.75) is 0 Å². The minimum atomic E-state index is -4.92. The smallest absolute Gasteiger partial charge is 0.515 e. The molecule has 0 saturated carbocycles. The monoisotopic (exact) mass is 331 g/mol. The Hall–Kier alpha value is -0.165. The van der Waals surface area contributed by atoms with E-state index < -0.39 is 13.5 Å². The van der Waals surface area contributed by atoms with Crippen LogP contribution in [0, 0.1) is 0 Å². The van der Waals surface area contributed by atoms with Crippen molar-refractivity contribution in [3.8, 4) is 5.75 Å². The van der Waals surface area contributed by atoms with Gasteiger partial charge >= 0.3 is 6.98 Å². The largest absolute Gasteiger partial charge is 0.520 e. The predicted molar refractivity (Wildman–Crippen MR) is 56.4 cm³/mol. The normalized spacial score (nSPS) is 11.5. The van der Waals surface area contributed by atoms with Crippen molar-refractivity contribution in [3.63, 3.8) is 0 Å². The Morgan fingerprint density at radius 1 is 1.14 bits per heavy atom. The van der Waals surface area contributed by atoms with Crippen LogP contribution in [0.1, 0.15) is 0 Å². The summed E-state index contributed by atoms with van der Waals surface area (Å²) in [6.45, 7) is -6.16. The zero-order valence-electron chi connectivity index (χ0n) is 6.81. The third-order valence-corrected chi connectivity index (χ3v) is 2.58. The van der Waals surface area contributed by atoms with E-state index in [0.29, 0.717) is 8.95 Å². The maximum Gasteiger partial charge on any atom is 0.515 e. The summed E-state index contributed by atoms with van der Waals surface area (Å²) in [7, 11) is 0. The van der Waals surface area contributed by atoms with Gasteiger partial charge in [0.2, 0.25) is 0 Å². The fraction of sp³-hybridized carbons (Fsp3) is 0.143. The molecule has 1 aromatic carbocycles. The van der Waals surface area contributed by atoms with Gasteiger partial charge in [-0.25, -0.2) is 0 Å². The first kappa shape index (κ1) is 11.9. The van der Waals surface area contributed by atoms with E-state index in [-0.39, 0.29) is 5.75 Å². The minimum Gasteiger partial charge on any atom is -0.520 e. The standard InChI is InChI=1S/C7H5BBr2F3O/c9-5-2-1-3-6(10)7(5)14-4-8(11,12)13/h1-3H,4H2/q-1. The molecule has 0 aliphatic carbocycles. The molecule has 78 valence electrons. The molecule has 1 rings (SSSR count). The Labute approximate surface area is 95.9 Å². The van der Waals surface area contributed by atoms with E-state index in [9.17, 15) is 12.9 Å². The summed E-state index contributed by atoms with van der Waals surface area (Å²) in [6.07, 6.45) is 0. The fourth-order valence-corrected chi connectivity index (χ4v) is 2.03. The molecule has 14 heavy (non-hydrogen) atoms. The van der Waals surface area contributed by atoms with Crippen LogP contribution in [0.3, 0.4) is 0 Å². The lowest BCUT2D eigenvalue weighted by Gasteiger charge is -2.16. The second kappa shape index (κ2) is 4.57. The quantitative estimate of drug-likeness (QED) is 0.761. The van der Waals surface area contributed by atoms with Crippen molar-refractivity contribution in [1.29, 1.82) is 0 Å². The predicted octanol–water partition coefficient (Wildman–Crippen LogP) is 3.98. The van der Waals surface area contributed by atoms with Gasteiger partial charge in [0.05, 0.1) is 15.5 Å². The molecule has 0 fully saturated rings. The van der Waals surface area contributed by atoms with Crippen LogP contribution in [0.25, 0.3) is 0 Å². The number of halogens is 5. The Balaban J connectivity index is 2.77. The highest BCUT2D eigenvalue weighted by Gasteiger charge is 2.25. The van der Waals surface area contributed by atoms with Crippen molar-refractivity contribution in [2.75, 3.05) is 6.51 Å². The van der Waals surface area contributed by atoms with Gasteiger partial charge in [0.25, 0.3) is 0 Å². The first-order chi connectivity index (χ1) is 6.40. The Kier molecular flexibility index (Phi) is 3.89. The molecule has 0 spiro atoms. The van der Waals surface area contributed by atoms with Crippen LogP contribution in [0.15, 0.2) is 27.1 Å². The molecule has 0 unspecified atom stereocenters. The Morgan fingerprint density at radius 2 is 1.64 bits per heavy atom. The van der Waals surface area contributed by atoms with E-state index in [1.807, 2.05) is 0 Å². The lowest BCUT2D eigenvalue weighted by atomic mass is 9.95. The summed E-state index contributed by atoms with van der Waals surface area (Å²) in [5, 5.41) is 0. The van der Waals surface area contributed by atoms with E-state index in [4.69, 9.17) is 0 Å². The SMILES string of the molecule is F[B-](F)(F)COc1c(Br)cccc1Br. The molecule has 1 aromatic rings. The van der Waals surface area contributed by atoms with Crippen molar-refractivity contribution >= 4 is 38.8 Å². The maximum atomic E-state index is 11.9. The van der Waals surface area contributed by atoms with Gasteiger partial charge in [0.1, 0.15) is 5.75 Å². The van der Waals surface area contributed by atoms with Crippen LogP contribution in [-0.2, 0) is 0 Å². The van der Waals surface area contributed by atoms with Crippen LogP contribution in [0.2, 0.25) is 0 Å². The summed E-state index contributed by atoms with van der Waals surface area (Å²) in [5.74, 6) is 0.173. The van der Waals surface area contributed by atoms with Crippen molar-refractivity contribution in [3.05, 3.63) is 27.1 Å². The fourth-order valence-electron chi connectivity index (χ4n) is 0.798. The highest BCUT2D eigenvalue weighted by atomic mass is 79.9. The topological polar surface area (TPSA) is 9.23 Å². The average Bonchev–Trinajstić information content (AvgIpc) is 2.01. The molecule has 0 N–H and O–H groups in total. The minimum absolute atomic E-state index is 0.173. The molecule has 0 saturated heterocycles. The molecule has 0 aliphatic rings. The summed E-state index contributed by atoms with van der Waals surface area (Å²) in [4.78, 5) is 0. The zero-order valence-corrected chi connectivity index (χ0v) is 9.99. The van der Waals surface area contributed by atoms with Gasteiger partial charge in [0, 0.05) is 0 Å². The van der Waals surface area contributed by atoms with E-state index in [0.717, 1.165) is 0 Å². The summed E-state index contributed by atoms with van der Waals surface area (Å²) >= 11 is 6.20. The molecule has 0 heterocycles. The van der Waals surface area contributed by atoms with Gasteiger partial charge in [-0.2, -0.15) is 0 Å². The number of ether oxygens (including phenoxy) is 1. The van der Waals surface area contributed by atoms with Crippen molar-refractivity contribution < 1.29 is 17.7 Å².